The maximum Gasteiger partial charge on any atom is 0.180 e. The second kappa shape index (κ2) is 4.97. The molecule has 0 saturated carbocycles. The number of aromatic nitrogens is 1. The van der Waals surface area contributed by atoms with E-state index in [1.54, 1.807) is 0 Å². The number of anilines is 1. The summed E-state index contributed by atoms with van der Waals surface area (Å²) in [4.78, 5) is 0. The Morgan fingerprint density at radius 2 is 1.76 bits per heavy atom. The van der Waals surface area contributed by atoms with E-state index >= 15 is 0 Å². The van der Waals surface area contributed by atoms with Crippen molar-refractivity contribution >= 4 is 17.4 Å². The topological polar surface area (TPSA) is 65.2 Å². The van der Waals surface area contributed by atoms with E-state index in [-0.39, 0.29) is 0 Å². The number of benzene rings is 1. The zero-order chi connectivity index (χ0) is 15.1. The summed E-state index contributed by atoms with van der Waals surface area (Å²) in [7, 11) is 0. The molecule has 0 radical (unpaired) electrons. The molecule has 3 aromatic rings. The van der Waals surface area contributed by atoms with Gasteiger partial charge in [-0.3, -0.25) is 0 Å². The molecule has 0 bridgehead atoms. The predicted octanol–water partition coefficient (Wildman–Crippen LogP) is 4.76. The van der Waals surface area contributed by atoms with Gasteiger partial charge in [0.2, 0.25) is 0 Å². The lowest BCUT2D eigenvalue weighted by Gasteiger charge is -2.05. The van der Waals surface area contributed by atoms with Gasteiger partial charge in [0.05, 0.1) is 11.1 Å². The van der Waals surface area contributed by atoms with Gasteiger partial charge in [0.1, 0.15) is 11.5 Å². The van der Waals surface area contributed by atoms with Crippen LogP contribution in [0.2, 0.25) is 5.02 Å². The van der Waals surface area contributed by atoms with Gasteiger partial charge in [0.25, 0.3) is 0 Å². The first kappa shape index (κ1) is 13.8. The van der Waals surface area contributed by atoms with Crippen molar-refractivity contribution in [1.82, 2.24) is 5.16 Å². The van der Waals surface area contributed by atoms with Gasteiger partial charge in [-0.2, -0.15) is 0 Å². The summed E-state index contributed by atoms with van der Waals surface area (Å²) in [6.07, 6.45) is 0. The van der Waals surface area contributed by atoms with Crippen LogP contribution >= 0.6 is 11.6 Å². The minimum absolute atomic E-state index is 0.316. The number of halogens is 1. The van der Waals surface area contributed by atoms with Crippen LogP contribution < -0.4 is 5.73 Å². The lowest BCUT2D eigenvalue weighted by molar-refractivity contribution is 0.434. The Kier molecular flexibility index (Phi) is 3.26. The number of rotatable bonds is 2. The van der Waals surface area contributed by atoms with Gasteiger partial charge in [-0.25, -0.2) is 0 Å². The van der Waals surface area contributed by atoms with Crippen molar-refractivity contribution in [3.63, 3.8) is 0 Å². The third kappa shape index (κ3) is 2.12. The molecule has 0 aliphatic heterocycles. The number of hydrogen-bond donors (Lipinski definition) is 1. The molecule has 4 nitrogen and oxygen atoms in total. The average Bonchev–Trinajstić information content (AvgIpc) is 2.92. The van der Waals surface area contributed by atoms with Gasteiger partial charge in [-0.05, 0) is 26.8 Å². The molecule has 0 amide bonds. The molecule has 0 aliphatic carbocycles. The molecule has 0 aliphatic rings. The number of nitrogen functional groups attached to an aromatic ring is 1. The summed E-state index contributed by atoms with van der Waals surface area (Å²) in [6.45, 7) is 5.79. The van der Waals surface area contributed by atoms with Crippen molar-refractivity contribution in [2.45, 2.75) is 20.8 Å². The van der Waals surface area contributed by atoms with Crippen molar-refractivity contribution in [2.24, 2.45) is 0 Å². The van der Waals surface area contributed by atoms with Crippen LogP contribution in [0.4, 0.5) is 5.82 Å². The van der Waals surface area contributed by atoms with Gasteiger partial charge in [0.15, 0.2) is 11.6 Å². The molecule has 2 heterocycles. The summed E-state index contributed by atoms with van der Waals surface area (Å²) in [6, 6.07) is 7.48. The van der Waals surface area contributed by atoms with E-state index in [1.165, 1.54) is 0 Å². The lowest BCUT2D eigenvalue weighted by atomic mass is 9.99. The van der Waals surface area contributed by atoms with Crippen LogP contribution in [0.3, 0.4) is 0 Å². The van der Waals surface area contributed by atoms with Crippen LogP contribution in [0.25, 0.3) is 22.5 Å². The fourth-order valence-electron chi connectivity index (χ4n) is 2.52. The first-order valence-electron chi connectivity index (χ1n) is 6.57. The Morgan fingerprint density at radius 3 is 2.38 bits per heavy atom. The van der Waals surface area contributed by atoms with Crippen LogP contribution in [-0.4, -0.2) is 5.16 Å². The van der Waals surface area contributed by atoms with Gasteiger partial charge in [0, 0.05) is 16.1 Å². The van der Waals surface area contributed by atoms with Crippen molar-refractivity contribution in [2.75, 3.05) is 5.73 Å². The third-order valence-corrected chi connectivity index (χ3v) is 3.98. The fraction of sp³-hybridized carbons (Fsp3) is 0.188. The first-order chi connectivity index (χ1) is 10.0. The largest absolute Gasteiger partial charge is 0.466 e. The van der Waals surface area contributed by atoms with Crippen LogP contribution in [-0.2, 0) is 0 Å². The van der Waals surface area contributed by atoms with E-state index < -0.39 is 0 Å². The number of hydrogen-bond acceptors (Lipinski definition) is 4. The van der Waals surface area contributed by atoms with Crippen LogP contribution in [0.1, 0.15) is 17.1 Å². The maximum absolute atomic E-state index is 6.28. The number of nitrogens with two attached hydrogens (primary N) is 1. The molecule has 3 rings (SSSR count). The average molecular weight is 303 g/mol. The standard InChI is InChI=1S/C16H15ClN2O2/c1-8-9(2)20-10(3)13(8)15-14(16(18)19-21-15)11-6-4-5-7-12(11)17/h4-7H,1-3H3,(H2,18,19). The zero-order valence-electron chi connectivity index (χ0n) is 12.0. The van der Waals surface area contributed by atoms with Crippen LogP contribution in [0.15, 0.2) is 33.2 Å². The van der Waals surface area contributed by atoms with E-state index in [0.29, 0.717) is 22.2 Å². The molecular formula is C16H15ClN2O2. The molecule has 2 N–H and O–H groups in total. The summed E-state index contributed by atoms with van der Waals surface area (Å²) < 4.78 is 11.1. The third-order valence-electron chi connectivity index (χ3n) is 3.65. The summed E-state index contributed by atoms with van der Waals surface area (Å²) in [5, 5.41) is 4.51. The molecule has 108 valence electrons. The quantitative estimate of drug-likeness (QED) is 0.741. The van der Waals surface area contributed by atoms with Gasteiger partial charge in [-0.15, -0.1) is 0 Å². The second-order valence-electron chi connectivity index (χ2n) is 4.97. The van der Waals surface area contributed by atoms with E-state index in [0.717, 1.165) is 28.2 Å². The molecule has 1 aromatic carbocycles. The number of aryl methyl sites for hydroxylation is 2. The molecule has 0 saturated heterocycles. The summed E-state index contributed by atoms with van der Waals surface area (Å²) >= 11 is 6.28. The molecule has 2 aromatic heterocycles. The zero-order valence-corrected chi connectivity index (χ0v) is 12.8. The summed E-state index contributed by atoms with van der Waals surface area (Å²) in [5.41, 5.74) is 9.38. The van der Waals surface area contributed by atoms with Crippen molar-refractivity contribution in [3.8, 4) is 22.5 Å². The number of furan rings is 1. The highest BCUT2D eigenvalue weighted by atomic mass is 35.5. The van der Waals surface area contributed by atoms with E-state index in [9.17, 15) is 0 Å². The maximum atomic E-state index is 6.28. The van der Waals surface area contributed by atoms with E-state index in [2.05, 4.69) is 5.16 Å². The fourth-order valence-corrected chi connectivity index (χ4v) is 2.76. The van der Waals surface area contributed by atoms with Crippen molar-refractivity contribution < 1.29 is 8.94 Å². The highest BCUT2D eigenvalue weighted by molar-refractivity contribution is 6.33. The minimum Gasteiger partial charge on any atom is -0.466 e. The Bertz CT molecular complexity index is 818. The van der Waals surface area contributed by atoms with Crippen LogP contribution in [0.5, 0.6) is 0 Å². The van der Waals surface area contributed by atoms with E-state index in [4.69, 9.17) is 26.3 Å². The van der Waals surface area contributed by atoms with Gasteiger partial charge >= 0.3 is 0 Å². The van der Waals surface area contributed by atoms with Crippen LogP contribution in [0, 0.1) is 20.8 Å². The molecule has 0 spiro atoms. The highest BCUT2D eigenvalue weighted by Gasteiger charge is 2.25. The lowest BCUT2D eigenvalue weighted by Crippen LogP contribution is -1.90. The highest BCUT2D eigenvalue weighted by Crippen LogP contribution is 2.43. The van der Waals surface area contributed by atoms with Crippen molar-refractivity contribution in [1.29, 1.82) is 0 Å². The van der Waals surface area contributed by atoms with Crippen molar-refractivity contribution in [3.05, 3.63) is 46.4 Å². The molecule has 5 heteroatoms. The monoisotopic (exact) mass is 302 g/mol. The second-order valence-corrected chi connectivity index (χ2v) is 5.37. The number of nitrogens with zero attached hydrogens (tertiary/aromatic N) is 1. The molecular weight excluding hydrogens is 288 g/mol. The predicted molar refractivity (Wildman–Crippen MR) is 83.3 cm³/mol. The normalized spacial score (nSPS) is 11.0. The molecule has 0 atom stereocenters. The Labute approximate surface area is 127 Å². The molecule has 0 fully saturated rings. The SMILES string of the molecule is Cc1oc(C)c(-c2onc(N)c2-c2ccccc2Cl)c1C. The Morgan fingerprint density at radius 1 is 1.05 bits per heavy atom. The first-order valence-corrected chi connectivity index (χ1v) is 6.95. The minimum atomic E-state index is 0.316. The van der Waals surface area contributed by atoms with Gasteiger partial charge < -0.3 is 14.7 Å². The smallest absolute Gasteiger partial charge is 0.180 e. The Hall–Kier alpha value is -2.20. The van der Waals surface area contributed by atoms with Gasteiger partial charge in [-0.1, -0.05) is 35.0 Å². The molecule has 21 heavy (non-hydrogen) atoms. The summed E-state index contributed by atoms with van der Waals surface area (Å²) in [5.74, 6) is 2.53. The Balaban J connectivity index is 2.30. The molecule has 0 unspecified atom stereocenters. The van der Waals surface area contributed by atoms with E-state index in [1.807, 2.05) is 45.0 Å².